The first-order chi connectivity index (χ1) is 12.4. The van der Waals surface area contributed by atoms with Gasteiger partial charge in [0.1, 0.15) is 11.6 Å². The number of thioether (sulfide) groups is 1. The van der Waals surface area contributed by atoms with Crippen molar-refractivity contribution in [2.24, 2.45) is 0 Å². The van der Waals surface area contributed by atoms with E-state index in [-0.39, 0.29) is 17.8 Å². The average Bonchev–Trinajstić information content (AvgIpc) is 2.62. The largest absolute Gasteiger partial charge is 0.482 e. The Morgan fingerprint density at radius 1 is 1.15 bits per heavy atom. The van der Waals surface area contributed by atoms with Crippen LogP contribution in [0.5, 0.6) is 5.75 Å². The monoisotopic (exact) mass is 377 g/mol. The highest BCUT2D eigenvalue weighted by Gasteiger charge is 2.10. The summed E-state index contributed by atoms with van der Waals surface area (Å²) in [5, 5.41) is 11.5. The van der Waals surface area contributed by atoms with Crippen molar-refractivity contribution < 1.29 is 23.8 Å². The summed E-state index contributed by atoms with van der Waals surface area (Å²) in [6.07, 6.45) is 0.353. The molecule has 26 heavy (non-hydrogen) atoms. The molecule has 0 saturated heterocycles. The van der Waals surface area contributed by atoms with Gasteiger partial charge < -0.3 is 15.2 Å². The second-order valence-electron chi connectivity index (χ2n) is 5.59. The fourth-order valence-electron chi connectivity index (χ4n) is 2.19. The number of rotatable bonds is 9. The zero-order chi connectivity index (χ0) is 18.9. The van der Waals surface area contributed by atoms with Gasteiger partial charge in [0, 0.05) is 17.1 Å². The maximum Gasteiger partial charge on any atom is 0.341 e. The lowest BCUT2D eigenvalue weighted by Gasteiger charge is -2.15. The number of benzene rings is 2. The number of carboxylic acids is 1. The van der Waals surface area contributed by atoms with Crippen molar-refractivity contribution in [1.82, 2.24) is 5.32 Å². The maximum absolute atomic E-state index is 12.8. The normalized spacial score (nSPS) is 11.6. The molecular formula is C19H20FNO4S. The van der Waals surface area contributed by atoms with Gasteiger partial charge in [-0.05, 0) is 48.9 Å². The molecule has 0 aliphatic carbocycles. The van der Waals surface area contributed by atoms with Crippen molar-refractivity contribution in [1.29, 1.82) is 0 Å². The summed E-state index contributed by atoms with van der Waals surface area (Å²) in [7, 11) is 0. The van der Waals surface area contributed by atoms with Crippen LogP contribution in [-0.4, -0.2) is 29.3 Å². The van der Waals surface area contributed by atoms with E-state index in [0.29, 0.717) is 17.9 Å². The number of carbonyl (C=O) groups excluding carboxylic acids is 1. The lowest BCUT2D eigenvalue weighted by atomic mass is 10.1. The van der Waals surface area contributed by atoms with Gasteiger partial charge in [-0.2, -0.15) is 0 Å². The van der Waals surface area contributed by atoms with E-state index < -0.39 is 12.6 Å². The molecule has 7 heteroatoms. The fraction of sp³-hybridized carbons (Fsp3) is 0.263. The van der Waals surface area contributed by atoms with Crippen molar-refractivity contribution in [2.75, 3.05) is 12.4 Å². The highest BCUT2D eigenvalue weighted by molar-refractivity contribution is 7.99. The molecule has 2 aromatic rings. The number of carboxylic acid groups (broad SMARTS) is 1. The van der Waals surface area contributed by atoms with E-state index in [0.717, 1.165) is 10.5 Å². The molecule has 0 bridgehead atoms. The Morgan fingerprint density at radius 2 is 1.81 bits per heavy atom. The van der Waals surface area contributed by atoms with Crippen LogP contribution >= 0.6 is 11.8 Å². The summed E-state index contributed by atoms with van der Waals surface area (Å²) < 4.78 is 17.9. The van der Waals surface area contributed by atoms with Gasteiger partial charge in [-0.15, -0.1) is 11.8 Å². The Bertz CT molecular complexity index is 734. The standard InChI is InChI=1S/C19H20FNO4S/c1-13(14-2-6-16(7-3-14)25-12-19(23)24)21-18(22)10-11-26-17-8-4-15(20)5-9-17/h2-9,13H,10-12H2,1H3,(H,21,22)(H,23,24). The van der Waals surface area contributed by atoms with E-state index in [1.165, 1.54) is 23.9 Å². The average molecular weight is 377 g/mol. The van der Waals surface area contributed by atoms with Gasteiger partial charge in [-0.25, -0.2) is 9.18 Å². The Balaban J connectivity index is 1.75. The van der Waals surface area contributed by atoms with Crippen LogP contribution in [0.25, 0.3) is 0 Å². The van der Waals surface area contributed by atoms with Gasteiger partial charge in [0.15, 0.2) is 6.61 Å². The van der Waals surface area contributed by atoms with Gasteiger partial charge in [0.25, 0.3) is 0 Å². The van der Waals surface area contributed by atoms with Crippen molar-refractivity contribution in [3.63, 3.8) is 0 Å². The third-order valence-electron chi connectivity index (χ3n) is 3.53. The fourth-order valence-corrected chi connectivity index (χ4v) is 3.04. The minimum absolute atomic E-state index is 0.0710. The molecule has 0 aromatic heterocycles. The molecule has 0 saturated carbocycles. The second kappa shape index (κ2) is 9.82. The minimum atomic E-state index is -1.03. The number of aliphatic carboxylic acids is 1. The van der Waals surface area contributed by atoms with Gasteiger partial charge in [0.2, 0.25) is 5.91 Å². The molecule has 0 spiro atoms. The zero-order valence-corrected chi connectivity index (χ0v) is 15.1. The molecule has 1 unspecified atom stereocenters. The van der Waals surface area contributed by atoms with E-state index in [1.807, 2.05) is 6.92 Å². The molecule has 138 valence electrons. The summed E-state index contributed by atoms with van der Waals surface area (Å²) in [5.41, 5.74) is 0.896. The Kier molecular flexibility index (Phi) is 7.47. The molecule has 5 nitrogen and oxygen atoms in total. The van der Waals surface area contributed by atoms with Crippen LogP contribution in [0, 0.1) is 5.82 Å². The lowest BCUT2D eigenvalue weighted by Crippen LogP contribution is -2.26. The third kappa shape index (κ3) is 6.76. The van der Waals surface area contributed by atoms with Crippen LogP contribution in [0.4, 0.5) is 4.39 Å². The number of ether oxygens (including phenoxy) is 1. The Labute approximate surface area is 155 Å². The molecular weight excluding hydrogens is 357 g/mol. The number of amides is 1. The quantitative estimate of drug-likeness (QED) is 0.653. The molecule has 2 N–H and O–H groups in total. The van der Waals surface area contributed by atoms with Crippen LogP contribution in [-0.2, 0) is 9.59 Å². The molecule has 0 aliphatic rings. The van der Waals surface area contributed by atoms with E-state index in [9.17, 15) is 14.0 Å². The molecule has 2 rings (SSSR count). The number of hydrogen-bond donors (Lipinski definition) is 2. The molecule has 0 aliphatic heterocycles. The van der Waals surface area contributed by atoms with Gasteiger partial charge in [-0.3, -0.25) is 4.79 Å². The van der Waals surface area contributed by atoms with Crippen LogP contribution in [0.1, 0.15) is 24.9 Å². The van der Waals surface area contributed by atoms with Crippen molar-refractivity contribution in [3.05, 3.63) is 59.9 Å². The van der Waals surface area contributed by atoms with Crippen LogP contribution < -0.4 is 10.1 Å². The number of carbonyl (C=O) groups is 2. The SMILES string of the molecule is CC(NC(=O)CCSc1ccc(F)cc1)c1ccc(OCC(=O)O)cc1. The first-order valence-corrected chi connectivity index (χ1v) is 9.05. The van der Waals surface area contributed by atoms with Crippen molar-refractivity contribution >= 4 is 23.6 Å². The second-order valence-corrected chi connectivity index (χ2v) is 6.76. The molecule has 1 atom stereocenters. The predicted octanol–water partition coefficient (Wildman–Crippen LogP) is 3.65. The number of nitrogens with one attached hydrogen (secondary N) is 1. The van der Waals surface area contributed by atoms with E-state index in [2.05, 4.69) is 5.32 Å². The number of halogens is 1. The molecule has 0 fully saturated rings. The van der Waals surface area contributed by atoms with Crippen LogP contribution in [0.15, 0.2) is 53.4 Å². The molecule has 0 heterocycles. The highest BCUT2D eigenvalue weighted by atomic mass is 32.2. The van der Waals surface area contributed by atoms with E-state index in [1.54, 1.807) is 36.4 Å². The van der Waals surface area contributed by atoms with Crippen molar-refractivity contribution in [3.8, 4) is 5.75 Å². The van der Waals surface area contributed by atoms with Gasteiger partial charge >= 0.3 is 5.97 Å². The summed E-state index contributed by atoms with van der Waals surface area (Å²) in [6, 6.07) is 12.9. The predicted molar refractivity (Wildman–Crippen MR) is 97.9 cm³/mol. The topological polar surface area (TPSA) is 75.6 Å². The smallest absolute Gasteiger partial charge is 0.341 e. The number of hydrogen-bond acceptors (Lipinski definition) is 4. The first kappa shape index (κ1) is 19.8. The molecule has 1 amide bonds. The van der Waals surface area contributed by atoms with Crippen LogP contribution in [0.3, 0.4) is 0 Å². The van der Waals surface area contributed by atoms with Gasteiger partial charge in [0.05, 0.1) is 6.04 Å². The molecule has 2 aromatic carbocycles. The Morgan fingerprint density at radius 3 is 2.42 bits per heavy atom. The van der Waals surface area contributed by atoms with Crippen LogP contribution in [0.2, 0.25) is 0 Å². The first-order valence-electron chi connectivity index (χ1n) is 8.06. The maximum atomic E-state index is 12.8. The Hall–Kier alpha value is -2.54. The zero-order valence-electron chi connectivity index (χ0n) is 14.3. The minimum Gasteiger partial charge on any atom is -0.482 e. The van der Waals surface area contributed by atoms with Gasteiger partial charge in [-0.1, -0.05) is 12.1 Å². The summed E-state index contributed by atoms with van der Waals surface area (Å²) >= 11 is 1.50. The highest BCUT2D eigenvalue weighted by Crippen LogP contribution is 2.20. The van der Waals surface area contributed by atoms with Crippen molar-refractivity contribution in [2.45, 2.75) is 24.3 Å². The summed E-state index contributed by atoms with van der Waals surface area (Å²) in [5.74, 6) is -0.316. The van der Waals surface area contributed by atoms with E-state index in [4.69, 9.17) is 9.84 Å². The lowest BCUT2D eigenvalue weighted by molar-refractivity contribution is -0.139. The van der Waals surface area contributed by atoms with E-state index >= 15 is 0 Å². The third-order valence-corrected chi connectivity index (χ3v) is 4.55. The molecule has 0 radical (unpaired) electrons. The summed E-state index contributed by atoms with van der Waals surface area (Å²) in [4.78, 5) is 23.4. The summed E-state index contributed by atoms with van der Waals surface area (Å²) in [6.45, 7) is 1.48.